The SMILES string of the molecule is Cc1ccc(NC(=O)C(C(N)=S)C(C)C)nc1. The smallest absolute Gasteiger partial charge is 0.235 e. The van der Waals surface area contributed by atoms with Crippen LogP contribution in [0.5, 0.6) is 0 Å². The second kappa shape index (κ2) is 5.72. The Morgan fingerprint density at radius 3 is 2.53 bits per heavy atom. The van der Waals surface area contributed by atoms with Gasteiger partial charge in [0.2, 0.25) is 5.91 Å². The lowest BCUT2D eigenvalue weighted by Gasteiger charge is -2.18. The van der Waals surface area contributed by atoms with Crippen molar-refractivity contribution in [3.05, 3.63) is 23.9 Å². The highest BCUT2D eigenvalue weighted by Gasteiger charge is 2.25. The van der Waals surface area contributed by atoms with Gasteiger partial charge in [0.05, 0.1) is 10.9 Å². The molecule has 17 heavy (non-hydrogen) atoms. The minimum atomic E-state index is -0.465. The molecule has 0 aliphatic carbocycles. The predicted molar refractivity (Wildman–Crippen MR) is 72.7 cm³/mol. The summed E-state index contributed by atoms with van der Waals surface area (Å²) in [5.41, 5.74) is 6.61. The molecule has 92 valence electrons. The maximum atomic E-state index is 12.0. The van der Waals surface area contributed by atoms with Gasteiger partial charge >= 0.3 is 0 Å². The van der Waals surface area contributed by atoms with Crippen LogP contribution in [-0.2, 0) is 4.79 Å². The zero-order valence-corrected chi connectivity index (χ0v) is 11.0. The van der Waals surface area contributed by atoms with E-state index in [1.165, 1.54) is 0 Å². The summed E-state index contributed by atoms with van der Waals surface area (Å²) in [5.74, 6) is -0.0857. The molecule has 0 saturated heterocycles. The van der Waals surface area contributed by atoms with Crippen molar-refractivity contribution in [2.75, 3.05) is 5.32 Å². The number of carbonyl (C=O) groups excluding carboxylic acids is 1. The lowest BCUT2D eigenvalue weighted by Crippen LogP contribution is -2.36. The van der Waals surface area contributed by atoms with Crippen molar-refractivity contribution in [1.29, 1.82) is 0 Å². The molecule has 0 fully saturated rings. The first-order valence-corrected chi connectivity index (χ1v) is 5.85. The van der Waals surface area contributed by atoms with Gasteiger partial charge in [-0.25, -0.2) is 4.98 Å². The Balaban J connectivity index is 2.77. The number of rotatable bonds is 4. The summed E-state index contributed by atoms with van der Waals surface area (Å²) in [4.78, 5) is 16.3. The van der Waals surface area contributed by atoms with E-state index in [9.17, 15) is 4.79 Å². The number of nitrogens with one attached hydrogen (secondary N) is 1. The molecule has 5 heteroatoms. The molecule has 0 aromatic carbocycles. The van der Waals surface area contributed by atoms with Crippen molar-refractivity contribution in [2.24, 2.45) is 17.6 Å². The van der Waals surface area contributed by atoms with Gasteiger partial charge in [-0.1, -0.05) is 32.1 Å². The van der Waals surface area contributed by atoms with Gasteiger partial charge < -0.3 is 11.1 Å². The number of thiocarbonyl (C=S) groups is 1. The molecule has 1 atom stereocenters. The van der Waals surface area contributed by atoms with Crippen molar-refractivity contribution in [1.82, 2.24) is 4.98 Å². The Morgan fingerprint density at radius 2 is 2.12 bits per heavy atom. The molecule has 0 spiro atoms. The first-order chi connectivity index (χ1) is 7.91. The van der Waals surface area contributed by atoms with Crippen LogP contribution in [0.1, 0.15) is 19.4 Å². The lowest BCUT2D eigenvalue weighted by molar-refractivity contribution is -0.118. The summed E-state index contributed by atoms with van der Waals surface area (Å²) < 4.78 is 0. The van der Waals surface area contributed by atoms with Crippen LogP contribution >= 0.6 is 12.2 Å². The third kappa shape index (κ3) is 3.78. The Morgan fingerprint density at radius 1 is 1.47 bits per heavy atom. The van der Waals surface area contributed by atoms with Crippen molar-refractivity contribution >= 4 is 28.9 Å². The van der Waals surface area contributed by atoms with E-state index < -0.39 is 5.92 Å². The van der Waals surface area contributed by atoms with Crippen molar-refractivity contribution < 1.29 is 4.79 Å². The van der Waals surface area contributed by atoms with Crippen molar-refractivity contribution in [3.8, 4) is 0 Å². The molecule has 0 aliphatic rings. The first kappa shape index (κ1) is 13.6. The molecule has 1 heterocycles. The molecule has 1 unspecified atom stereocenters. The summed E-state index contributed by atoms with van der Waals surface area (Å²) in [6.45, 7) is 5.75. The lowest BCUT2D eigenvalue weighted by atomic mass is 9.95. The van der Waals surface area contributed by atoms with Crippen LogP contribution in [0.15, 0.2) is 18.3 Å². The average Bonchev–Trinajstić information content (AvgIpc) is 2.20. The van der Waals surface area contributed by atoms with Crippen molar-refractivity contribution in [2.45, 2.75) is 20.8 Å². The fourth-order valence-corrected chi connectivity index (χ4v) is 1.89. The quantitative estimate of drug-likeness (QED) is 0.802. The number of amides is 1. The largest absolute Gasteiger partial charge is 0.393 e. The van der Waals surface area contributed by atoms with Crippen LogP contribution in [0.4, 0.5) is 5.82 Å². The van der Waals surface area contributed by atoms with Crippen LogP contribution < -0.4 is 11.1 Å². The van der Waals surface area contributed by atoms with Gasteiger partial charge in [-0.2, -0.15) is 0 Å². The normalized spacial score (nSPS) is 12.2. The Labute approximate surface area is 107 Å². The van der Waals surface area contributed by atoms with Gasteiger partial charge in [-0.05, 0) is 24.5 Å². The molecular formula is C12H17N3OS. The molecule has 1 aromatic rings. The molecule has 0 aliphatic heterocycles. The molecule has 1 aromatic heterocycles. The van der Waals surface area contributed by atoms with E-state index in [-0.39, 0.29) is 16.8 Å². The number of nitrogens with zero attached hydrogens (tertiary/aromatic N) is 1. The monoisotopic (exact) mass is 251 g/mol. The number of aromatic nitrogens is 1. The third-order valence-corrected chi connectivity index (χ3v) is 2.67. The van der Waals surface area contributed by atoms with E-state index >= 15 is 0 Å². The summed E-state index contributed by atoms with van der Waals surface area (Å²) in [6, 6.07) is 3.64. The molecule has 3 N–H and O–H groups in total. The average molecular weight is 251 g/mol. The second-order valence-electron chi connectivity index (χ2n) is 4.33. The minimum Gasteiger partial charge on any atom is -0.393 e. The zero-order valence-electron chi connectivity index (χ0n) is 10.2. The van der Waals surface area contributed by atoms with Crippen LogP contribution in [-0.4, -0.2) is 15.9 Å². The van der Waals surface area contributed by atoms with E-state index in [4.69, 9.17) is 18.0 Å². The van der Waals surface area contributed by atoms with E-state index in [0.29, 0.717) is 5.82 Å². The molecule has 0 bridgehead atoms. The van der Waals surface area contributed by atoms with Gasteiger partial charge in [0.15, 0.2) is 0 Å². The van der Waals surface area contributed by atoms with E-state index in [2.05, 4.69) is 10.3 Å². The predicted octanol–water partition coefficient (Wildman–Crippen LogP) is 1.89. The fraction of sp³-hybridized carbons (Fsp3) is 0.417. The maximum absolute atomic E-state index is 12.0. The zero-order chi connectivity index (χ0) is 13.0. The number of pyridine rings is 1. The van der Waals surface area contributed by atoms with E-state index in [1.54, 1.807) is 12.3 Å². The summed E-state index contributed by atoms with van der Waals surface area (Å²) >= 11 is 4.90. The van der Waals surface area contributed by atoms with E-state index in [1.807, 2.05) is 26.8 Å². The van der Waals surface area contributed by atoms with Crippen LogP contribution in [0.25, 0.3) is 0 Å². The fourth-order valence-electron chi connectivity index (χ4n) is 1.51. The molecule has 0 radical (unpaired) electrons. The van der Waals surface area contributed by atoms with Crippen LogP contribution in [0.3, 0.4) is 0 Å². The number of carbonyl (C=O) groups is 1. The third-order valence-electron chi connectivity index (χ3n) is 2.42. The van der Waals surface area contributed by atoms with Gasteiger partial charge in [0.1, 0.15) is 5.82 Å². The number of hydrogen-bond donors (Lipinski definition) is 2. The number of hydrogen-bond acceptors (Lipinski definition) is 3. The van der Waals surface area contributed by atoms with Crippen LogP contribution in [0.2, 0.25) is 0 Å². The number of anilines is 1. The minimum absolute atomic E-state index is 0.0675. The van der Waals surface area contributed by atoms with E-state index in [0.717, 1.165) is 5.56 Å². The summed E-state index contributed by atoms with van der Waals surface area (Å²) in [7, 11) is 0. The Kier molecular flexibility index (Phi) is 4.57. The highest BCUT2D eigenvalue weighted by molar-refractivity contribution is 7.80. The molecule has 4 nitrogen and oxygen atoms in total. The number of nitrogens with two attached hydrogens (primary N) is 1. The molecule has 0 saturated carbocycles. The first-order valence-electron chi connectivity index (χ1n) is 5.44. The summed E-state index contributed by atoms with van der Waals surface area (Å²) in [5, 5.41) is 2.71. The second-order valence-corrected chi connectivity index (χ2v) is 4.81. The molecule has 1 amide bonds. The van der Waals surface area contributed by atoms with Crippen molar-refractivity contribution in [3.63, 3.8) is 0 Å². The van der Waals surface area contributed by atoms with Gasteiger partial charge in [-0.15, -0.1) is 0 Å². The standard InChI is InChI=1S/C12H17N3OS/c1-7(2)10(11(13)17)12(16)15-9-5-4-8(3)6-14-9/h4-7,10H,1-3H3,(H2,13,17)(H,14,15,16). The summed E-state index contributed by atoms with van der Waals surface area (Å²) in [6.07, 6.45) is 1.70. The van der Waals surface area contributed by atoms with Gasteiger partial charge in [0, 0.05) is 6.20 Å². The van der Waals surface area contributed by atoms with Crippen LogP contribution in [0, 0.1) is 18.8 Å². The molecular weight excluding hydrogens is 234 g/mol. The Bertz CT molecular complexity index is 414. The Hall–Kier alpha value is -1.49. The maximum Gasteiger partial charge on any atom is 0.235 e. The van der Waals surface area contributed by atoms with Gasteiger partial charge in [-0.3, -0.25) is 4.79 Å². The topological polar surface area (TPSA) is 68.0 Å². The highest BCUT2D eigenvalue weighted by Crippen LogP contribution is 2.14. The highest BCUT2D eigenvalue weighted by atomic mass is 32.1. The molecule has 1 rings (SSSR count). The number of aryl methyl sites for hydroxylation is 1. The van der Waals surface area contributed by atoms with Gasteiger partial charge in [0.25, 0.3) is 0 Å².